The summed E-state index contributed by atoms with van der Waals surface area (Å²) in [6, 6.07) is 20.7. The minimum absolute atomic E-state index is 0.00302. The summed E-state index contributed by atoms with van der Waals surface area (Å²) in [5, 5.41) is 25.7. The van der Waals surface area contributed by atoms with Gasteiger partial charge in [0.1, 0.15) is 45.9 Å². The highest BCUT2D eigenvalue weighted by molar-refractivity contribution is 6.05. The Morgan fingerprint density at radius 2 is 1.17 bits per heavy atom. The first-order valence-electron chi connectivity index (χ1n) is 23.0. The first-order valence-corrected chi connectivity index (χ1v) is 23.0. The summed E-state index contributed by atoms with van der Waals surface area (Å²) in [5.74, 6) is -5.88. The topological polar surface area (TPSA) is 258 Å². The van der Waals surface area contributed by atoms with Gasteiger partial charge in [-0.15, -0.1) is 0 Å². The molecule has 0 aliphatic carbocycles. The Labute approximate surface area is 424 Å². The number of esters is 1. The van der Waals surface area contributed by atoms with Crippen LogP contribution in [0, 0.1) is 11.6 Å². The van der Waals surface area contributed by atoms with E-state index in [-0.39, 0.29) is 97.4 Å². The lowest BCUT2D eigenvalue weighted by molar-refractivity contribution is -0.135. The lowest BCUT2D eigenvalue weighted by Gasteiger charge is -2.23. The Bertz CT molecular complexity index is 3540. The minimum Gasteiger partial charge on any atom is -0.505 e. The van der Waals surface area contributed by atoms with Crippen molar-refractivity contribution in [3.05, 3.63) is 174 Å². The molecule has 6 heterocycles. The van der Waals surface area contributed by atoms with Crippen LogP contribution in [0.1, 0.15) is 55.5 Å². The maximum absolute atomic E-state index is 13.6. The molecular formula is C53H46F2N6O14. The van der Waals surface area contributed by atoms with Crippen molar-refractivity contribution in [1.82, 2.24) is 29.7 Å². The van der Waals surface area contributed by atoms with Gasteiger partial charge in [-0.3, -0.25) is 38.3 Å². The van der Waals surface area contributed by atoms with Crippen molar-refractivity contribution in [2.24, 2.45) is 0 Å². The van der Waals surface area contributed by atoms with Gasteiger partial charge < -0.3 is 49.3 Å². The fourth-order valence-corrected chi connectivity index (χ4v) is 7.96. The molecule has 2 aliphatic rings. The van der Waals surface area contributed by atoms with Crippen molar-refractivity contribution in [2.45, 2.75) is 26.4 Å². The van der Waals surface area contributed by atoms with Crippen molar-refractivity contribution in [2.75, 3.05) is 47.1 Å². The summed E-state index contributed by atoms with van der Waals surface area (Å²) in [6.45, 7) is 2.37. The highest BCUT2D eigenvalue weighted by atomic mass is 19.1. The average molecular weight is 1030 g/mol. The molecule has 9 rings (SSSR count). The van der Waals surface area contributed by atoms with Crippen LogP contribution in [0.5, 0.6) is 23.0 Å². The molecule has 0 saturated carbocycles. The number of carboxylic acids is 1. The molecule has 386 valence electrons. The van der Waals surface area contributed by atoms with Gasteiger partial charge in [0.25, 0.3) is 22.9 Å². The number of nitrogens with zero attached hydrogens (tertiary/aromatic N) is 4. The second-order valence-corrected chi connectivity index (χ2v) is 16.5. The zero-order chi connectivity index (χ0) is 53.3. The number of carbonyl (C=O) groups excluding carboxylic acids is 3. The van der Waals surface area contributed by atoms with Crippen molar-refractivity contribution >= 4 is 58.2 Å². The van der Waals surface area contributed by atoms with Crippen LogP contribution in [0.3, 0.4) is 0 Å². The molecule has 4 aromatic heterocycles. The van der Waals surface area contributed by atoms with E-state index in [1.54, 1.807) is 31.2 Å². The van der Waals surface area contributed by atoms with Gasteiger partial charge in [-0.25, -0.2) is 18.4 Å². The molecule has 3 aromatic carbocycles. The number of nitrogens with one attached hydrogen (secondary N) is 2. The highest BCUT2D eigenvalue weighted by Gasteiger charge is 2.33. The van der Waals surface area contributed by atoms with E-state index in [4.69, 9.17) is 28.4 Å². The first kappa shape index (κ1) is 52.1. The standard InChI is InChI=1S/C28H21FN2O7.C25H25FN4O7/c1-2-36-28(35)21-25(37-15-17-6-4-3-5-7-17)22-23-24(38-20(27(33)34)14-31(23)26(21)32)18(13-30-22)12-16-8-10-19(29)11-9-16;1-35-9-7-27-23(32)17-13-30-20-19(21(31)18(25(30)34)24(33)28-8-10-36-2)29-12-15(22(20)37-17)11-14-3-5-16(26)6-4-14/h3-11,13-14H,2,12,15H2,1H3,(H,33,34);3-6,12-13,31H,7-11H2,1-2H3,(H,27,32)(H,28,33). The quantitative estimate of drug-likeness (QED) is 0.0627. The number of methoxy groups -OCH3 is 2. The fraction of sp³-hybridized carbons (Fsp3) is 0.208. The normalized spacial score (nSPS) is 12.1. The van der Waals surface area contributed by atoms with E-state index in [1.165, 1.54) is 50.9 Å². The molecule has 0 unspecified atom stereocenters. The largest absolute Gasteiger partial charge is 0.505 e. The van der Waals surface area contributed by atoms with Crippen LogP contribution in [0.4, 0.5) is 8.78 Å². The number of ether oxygens (including phenoxy) is 6. The van der Waals surface area contributed by atoms with Gasteiger partial charge >= 0.3 is 11.9 Å². The number of aliphatic carboxylic acids is 1. The zero-order valence-corrected chi connectivity index (χ0v) is 40.3. The second-order valence-electron chi connectivity index (χ2n) is 16.5. The number of benzene rings is 3. The number of pyridine rings is 4. The molecule has 0 fully saturated rings. The Morgan fingerprint density at radius 1 is 0.667 bits per heavy atom. The third-order valence-corrected chi connectivity index (χ3v) is 11.5. The maximum Gasteiger partial charge on any atom is 0.373 e. The van der Waals surface area contributed by atoms with Crippen LogP contribution in [0.15, 0.2) is 112 Å². The minimum atomic E-state index is -1.41. The predicted molar refractivity (Wildman–Crippen MR) is 265 cm³/mol. The van der Waals surface area contributed by atoms with E-state index in [1.807, 2.05) is 30.3 Å². The van der Waals surface area contributed by atoms with E-state index in [0.29, 0.717) is 16.7 Å². The lowest BCUT2D eigenvalue weighted by atomic mass is 10.0. The van der Waals surface area contributed by atoms with E-state index in [2.05, 4.69) is 20.6 Å². The molecule has 2 amide bonds. The molecular weight excluding hydrogens is 983 g/mol. The molecule has 0 bridgehead atoms. The first-order chi connectivity index (χ1) is 36.2. The van der Waals surface area contributed by atoms with Crippen molar-refractivity contribution in [3.8, 4) is 23.0 Å². The third-order valence-electron chi connectivity index (χ3n) is 11.5. The van der Waals surface area contributed by atoms with Gasteiger partial charge in [0.05, 0.1) is 32.2 Å². The highest BCUT2D eigenvalue weighted by Crippen LogP contribution is 2.40. The van der Waals surface area contributed by atoms with E-state index in [0.717, 1.165) is 32.7 Å². The molecule has 0 atom stereocenters. The Balaban J connectivity index is 0.000000199. The van der Waals surface area contributed by atoms with E-state index >= 15 is 0 Å². The Kier molecular flexibility index (Phi) is 16.0. The SMILES string of the molecule is CCOC(=O)c1c(OCc2ccccc2)c2ncc(Cc3ccc(F)cc3)c3c2n(c1=O)C=C(C(=O)O)O3.COCCNC(=O)C1=Cn2c(=O)c(C(=O)NCCOC)c(O)c3ncc(Cc4ccc(F)cc4)c(c32)O1. The molecule has 75 heavy (non-hydrogen) atoms. The maximum atomic E-state index is 13.6. The lowest BCUT2D eigenvalue weighted by Crippen LogP contribution is -2.36. The number of carbonyl (C=O) groups is 4. The average Bonchev–Trinajstić information content (AvgIpc) is 3.41. The van der Waals surface area contributed by atoms with Crippen LogP contribution >= 0.6 is 0 Å². The summed E-state index contributed by atoms with van der Waals surface area (Å²) in [7, 11) is 2.94. The van der Waals surface area contributed by atoms with Gasteiger partial charge in [0, 0.05) is 63.7 Å². The number of halogens is 2. The van der Waals surface area contributed by atoms with Gasteiger partial charge in [-0.05, 0) is 47.9 Å². The number of aromatic nitrogens is 4. The van der Waals surface area contributed by atoms with E-state index in [9.17, 15) is 47.8 Å². The Morgan fingerprint density at radius 3 is 1.72 bits per heavy atom. The summed E-state index contributed by atoms with van der Waals surface area (Å²) in [6.07, 6.45) is 5.44. The van der Waals surface area contributed by atoms with E-state index < -0.39 is 69.1 Å². The third kappa shape index (κ3) is 11.2. The van der Waals surface area contributed by atoms with Crippen LogP contribution in [-0.4, -0.2) is 100 Å². The molecule has 0 radical (unpaired) electrons. The van der Waals surface area contributed by atoms with Crippen molar-refractivity contribution in [3.63, 3.8) is 0 Å². The van der Waals surface area contributed by atoms with Gasteiger partial charge in [0.15, 0.2) is 28.6 Å². The molecule has 20 nitrogen and oxygen atoms in total. The summed E-state index contributed by atoms with van der Waals surface area (Å²) in [4.78, 5) is 86.2. The van der Waals surface area contributed by atoms with Crippen molar-refractivity contribution < 1.29 is 66.6 Å². The van der Waals surface area contributed by atoms with Gasteiger partial charge in [-0.1, -0.05) is 54.6 Å². The number of carboxylic acid groups (broad SMARTS) is 1. The Hall–Kier alpha value is -9.28. The van der Waals surface area contributed by atoms with Gasteiger partial charge in [0.2, 0.25) is 11.5 Å². The molecule has 22 heteroatoms. The number of hydrogen-bond acceptors (Lipinski definition) is 15. The van der Waals surface area contributed by atoms with Crippen LogP contribution in [0.25, 0.3) is 34.5 Å². The molecule has 2 aliphatic heterocycles. The van der Waals surface area contributed by atoms with Gasteiger partial charge in [-0.2, -0.15) is 0 Å². The predicted octanol–water partition coefficient (Wildman–Crippen LogP) is 5.32. The zero-order valence-electron chi connectivity index (χ0n) is 40.3. The van der Waals surface area contributed by atoms with Crippen molar-refractivity contribution in [1.29, 1.82) is 0 Å². The fourth-order valence-electron chi connectivity index (χ4n) is 7.96. The van der Waals surface area contributed by atoms with Crippen LogP contribution < -0.4 is 36.0 Å². The summed E-state index contributed by atoms with van der Waals surface area (Å²) < 4.78 is 61.5. The molecule has 7 aromatic rings. The molecule has 0 saturated heterocycles. The number of amides is 2. The second kappa shape index (κ2) is 23.1. The number of rotatable bonds is 18. The van der Waals surface area contributed by atoms with Crippen LogP contribution in [0.2, 0.25) is 0 Å². The monoisotopic (exact) mass is 1030 g/mol. The smallest absolute Gasteiger partial charge is 0.373 e. The van der Waals surface area contributed by atoms with Crippen LogP contribution in [-0.2, 0) is 43.2 Å². The number of aromatic hydroxyl groups is 1. The molecule has 4 N–H and O–H groups in total. The summed E-state index contributed by atoms with van der Waals surface area (Å²) >= 11 is 0. The molecule has 0 spiro atoms. The number of hydrogen-bond donors (Lipinski definition) is 4. The summed E-state index contributed by atoms with van der Waals surface area (Å²) in [5.41, 5.74) is 0.729.